The minimum Gasteiger partial charge on any atom is -0.208 e. The first-order valence-electron chi connectivity index (χ1n) is 18.7. The molecule has 3 heterocycles. The van der Waals surface area contributed by atoms with Crippen molar-refractivity contribution in [1.82, 2.24) is 15.0 Å². The molecule has 3 nitrogen and oxygen atoms in total. The summed E-state index contributed by atoms with van der Waals surface area (Å²) in [5.41, 5.74) is 10.1. The zero-order valence-electron chi connectivity index (χ0n) is 30.1. The predicted molar refractivity (Wildman–Crippen MR) is 238 cm³/mol. The number of thiophene rings is 2. The van der Waals surface area contributed by atoms with Crippen molar-refractivity contribution in [2.24, 2.45) is 0 Å². The van der Waals surface area contributed by atoms with Crippen LogP contribution in [0.15, 0.2) is 188 Å². The van der Waals surface area contributed by atoms with Crippen molar-refractivity contribution in [1.29, 1.82) is 0 Å². The second-order valence-corrected chi connectivity index (χ2v) is 16.1. The zero-order chi connectivity index (χ0) is 37.0. The van der Waals surface area contributed by atoms with Crippen molar-refractivity contribution < 1.29 is 0 Å². The molecule has 5 heteroatoms. The molecule has 0 saturated heterocycles. The van der Waals surface area contributed by atoms with Crippen LogP contribution >= 0.6 is 22.7 Å². The Kier molecular flexibility index (Phi) is 7.87. The van der Waals surface area contributed by atoms with E-state index in [9.17, 15) is 0 Å². The first-order valence-corrected chi connectivity index (χ1v) is 20.3. The fraction of sp³-hybridized carbons (Fsp3) is 0. The number of fused-ring (bicyclic) bond motifs is 6. The fourth-order valence-corrected chi connectivity index (χ4v) is 10.1. The summed E-state index contributed by atoms with van der Waals surface area (Å²) in [5, 5.41) is 5.13. The van der Waals surface area contributed by atoms with Crippen molar-refractivity contribution in [3.63, 3.8) is 0 Å². The highest BCUT2D eigenvalue weighted by molar-refractivity contribution is 7.26. The second-order valence-electron chi connectivity index (χ2n) is 14.0. The molecule has 3 aromatic heterocycles. The predicted octanol–water partition coefficient (Wildman–Crippen LogP) is 14.6. The zero-order valence-corrected chi connectivity index (χ0v) is 31.7. The smallest absolute Gasteiger partial charge is 0.164 e. The Morgan fingerprint density at radius 1 is 0.268 bits per heavy atom. The van der Waals surface area contributed by atoms with Gasteiger partial charge in [-0.05, 0) is 63.7 Å². The topological polar surface area (TPSA) is 38.7 Å². The van der Waals surface area contributed by atoms with Gasteiger partial charge in [0.2, 0.25) is 0 Å². The van der Waals surface area contributed by atoms with E-state index >= 15 is 0 Å². The lowest BCUT2D eigenvalue weighted by Gasteiger charge is -2.12. The quantitative estimate of drug-likeness (QED) is 0.170. The van der Waals surface area contributed by atoms with Crippen LogP contribution in [0, 0.1) is 0 Å². The fourth-order valence-electron chi connectivity index (χ4n) is 7.85. The van der Waals surface area contributed by atoms with E-state index in [2.05, 4.69) is 164 Å². The Hall–Kier alpha value is -6.79. The molecular weight excluding hydrogens is 719 g/mol. The highest BCUT2D eigenvalue weighted by atomic mass is 32.1. The van der Waals surface area contributed by atoms with Crippen LogP contribution in [0.3, 0.4) is 0 Å². The SMILES string of the molecule is c1ccc(-c2ccc(-c3nc(-c4ccccc4)nc(-c4ccc5c(c4)sc4cccc(-c6ccccc6-c6ccc7sc8ccccc8c7c6)c45)n3)cc2)cc1. The van der Waals surface area contributed by atoms with E-state index in [-0.39, 0.29) is 0 Å². The van der Waals surface area contributed by atoms with Gasteiger partial charge in [-0.3, -0.25) is 0 Å². The molecule has 0 saturated carbocycles. The minimum absolute atomic E-state index is 0.650. The van der Waals surface area contributed by atoms with E-state index in [1.807, 2.05) is 46.9 Å². The van der Waals surface area contributed by atoms with Gasteiger partial charge in [0.05, 0.1) is 0 Å². The van der Waals surface area contributed by atoms with Gasteiger partial charge in [-0.25, -0.2) is 15.0 Å². The Morgan fingerprint density at radius 2 is 0.786 bits per heavy atom. The molecule has 0 fully saturated rings. The maximum absolute atomic E-state index is 5.09. The van der Waals surface area contributed by atoms with Crippen LogP contribution in [0.5, 0.6) is 0 Å². The van der Waals surface area contributed by atoms with Crippen LogP contribution in [0.25, 0.3) is 108 Å². The van der Waals surface area contributed by atoms with Gasteiger partial charge in [-0.1, -0.05) is 158 Å². The van der Waals surface area contributed by atoms with Gasteiger partial charge >= 0.3 is 0 Å². The number of nitrogens with zero attached hydrogens (tertiary/aromatic N) is 3. The Labute approximate surface area is 331 Å². The van der Waals surface area contributed by atoms with Crippen molar-refractivity contribution in [3.8, 4) is 67.5 Å². The summed E-state index contributed by atoms with van der Waals surface area (Å²) in [6.45, 7) is 0. The molecule has 0 atom stereocenters. The van der Waals surface area contributed by atoms with E-state index < -0.39 is 0 Å². The molecule has 0 bridgehead atoms. The monoisotopic (exact) mass is 749 g/mol. The third kappa shape index (κ3) is 5.68. The number of hydrogen-bond donors (Lipinski definition) is 0. The van der Waals surface area contributed by atoms with Crippen molar-refractivity contribution >= 4 is 63.0 Å². The number of hydrogen-bond acceptors (Lipinski definition) is 5. The lowest BCUT2D eigenvalue weighted by Crippen LogP contribution is -2.00. The Morgan fingerprint density at radius 3 is 1.57 bits per heavy atom. The Balaban J connectivity index is 1.02. The summed E-state index contributed by atoms with van der Waals surface area (Å²) in [6, 6.07) is 66.9. The first kappa shape index (κ1) is 32.6. The lowest BCUT2D eigenvalue weighted by molar-refractivity contribution is 1.07. The normalized spacial score (nSPS) is 11.6. The molecule has 0 spiro atoms. The highest BCUT2D eigenvalue weighted by Gasteiger charge is 2.18. The summed E-state index contributed by atoms with van der Waals surface area (Å²) in [6.07, 6.45) is 0. The summed E-state index contributed by atoms with van der Waals surface area (Å²) in [7, 11) is 0. The average Bonchev–Trinajstić information content (AvgIpc) is 3.85. The van der Waals surface area contributed by atoms with E-state index in [0.717, 1.165) is 22.3 Å². The minimum atomic E-state index is 0.650. The van der Waals surface area contributed by atoms with Crippen molar-refractivity contribution in [2.45, 2.75) is 0 Å². The van der Waals surface area contributed by atoms with Gasteiger partial charge in [0.15, 0.2) is 17.5 Å². The molecule has 0 N–H and O–H groups in total. The second kappa shape index (κ2) is 13.5. The van der Waals surface area contributed by atoms with Gasteiger partial charge in [0.25, 0.3) is 0 Å². The lowest BCUT2D eigenvalue weighted by atomic mass is 9.91. The Bertz CT molecular complexity index is 3240. The van der Waals surface area contributed by atoms with Crippen molar-refractivity contribution in [2.75, 3.05) is 0 Å². The first-order chi connectivity index (χ1) is 27.7. The molecule has 0 unspecified atom stereocenters. The molecule has 0 aliphatic rings. The molecule has 11 rings (SSSR count). The van der Waals surface area contributed by atoms with Crippen LogP contribution < -0.4 is 0 Å². The third-order valence-electron chi connectivity index (χ3n) is 10.6. The average molecular weight is 750 g/mol. The molecular formula is C51H31N3S2. The van der Waals surface area contributed by atoms with Crippen LogP contribution in [0.1, 0.15) is 0 Å². The molecule has 0 aliphatic carbocycles. The van der Waals surface area contributed by atoms with Gasteiger partial charge in [0, 0.05) is 57.0 Å². The summed E-state index contributed by atoms with van der Waals surface area (Å²) in [5.74, 6) is 1.96. The summed E-state index contributed by atoms with van der Waals surface area (Å²) >= 11 is 3.67. The van der Waals surface area contributed by atoms with E-state index in [1.54, 1.807) is 0 Å². The molecule has 0 radical (unpaired) electrons. The van der Waals surface area contributed by atoms with Gasteiger partial charge < -0.3 is 0 Å². The number of rotatable bonds is 6. The van der Waals surface area contributed by atoms with E-state index in [1.165, 1.54) is 68.2 Å². The number of benzene rings is 8. The van der Waals surface area contributed by atoms with Crippen LogP contribution in [-0.4, -0.2) is 15.0 Å². The molecule has 0 amide bonds. The van der Waals surface area contributed by atoms with E-state index in [4.69, 9.17) is 15.0 Å². The van der Waals surface area contributed by atoms with Crippen molar-refractivity contribution in [3.05, 3.63) is 188 Å². The summed E-state index contributed by atoms with van der Waals surface area (Å²) < 4.78 is 5.09. The molecule has 11 aromatic rings. The van der Waals surface area contributed by atoms with Gasteiger partial charge in [0.1, 0.15) is 0 Å². The van der Waals surface area contributed by atoms with E-state index in [0.29, 0.717) is 17.5 Å². The maximum Gasteiger partial charge on any atom is 0.164 e. The van der Waals surface area contributed by atoms with Crippen LogP contribution in [0.2, 0.25) is 0 Å². The molecule has 262 valence electrons. The standard InChI is InChI=1S/C51H31N3S2/c1-3-12-32(13-4-1)33-22-24-35(25-23-33)50-52-49(34-14-5-2-6-15-34)53-51(54-50)37-26-28-42-47(31-37)56-46-21-11-19-41(48(42)46)39-17-8-7-16-38(39)36-27-29-45-43(30-36)40-18-9-10-20-44(40)55-45/h1-31H. The molecule has 56 heavy (non-hydrogen) atoms. The van der Waals surface area contributed by atoms with Crippen LogP contribution in [-0.2, 0) is 0 Å². The number of aromatic nitrogens is 3. The van der Waals surface area contributed by atoms with Gasteiger partial charge in [-0.15, -0.1) is 22.7 Å². The highest BCUT2D eigenvalue weighted by Crippen LogP contribution is 2.45. The molecule has 8 aromatic carbocycles. The van der Waals surface area contributed by atoms with Gasteiger partial charge in [-0.2, -0.15) is 0 Å². The molecule has 0 aliphatic heterocycles. The third-order valence-corrected chi connectivity index (χ3v) is 12.8. The largest absolute Gasteiger partial charge is 0.208 e. The van der Waals surface area contributed by atoms with Crippen LogP contribution in [0.4, 0.5) is 0 Å². The maximum atomic E-state index is 5.09. The summed E-state index contributed by atoms with van der Waals surface area (Å²) in [4.78, 5) is 15.1.